The van der Waals surface area contributed by atoms with Crippen LogP contribution in [-0.2, 0) is 17.7 Å². The molecule has 0 aromatic carbocycles. The van der Waals surface area contributed by atoms with E-state index in [9.17, 15) is 0 Å². The fourth-order valence-corrected chi connectivity index (χ4v) is 0.750. The first-order valence-electron chi connectivity index (χ1n) is 3.80. The van der Waals surface area contributed by atoms with Crippen molar-refractivity contribution in [2.75, 3.05) is 21.3 Å². The van der Waals surface area contributed by atoms with E-state index in [1.807, 2.05) is 13.5 Å². The van der Waals surface area contributed by atoms with E-state index < -0.39 is 8.80 Å². The van der Waals surface area contributed by atoms with Crippen molar-refractivity contribution < 1.29 is 17.7 Å². The van der Waals surface area contributed by atoms with Crippen molar-refractivity contribution in [3.8, 4) is 0 Å². The summed E-state index contributed by atoms with van der Waals surface area (Å²) in [5, 5.41) is 0. The molecule has 0 aliphatic rings. The molecule has 7 heteroatoms. The van der Waals surface area contributed by atoms with Crippen molar-refractivity contribution in [3.05, 3.63) is 12.3 Å². The van der Waals surface area contributed by atoms with Gasteiger partial charge in [-0.3, -0.25) is 0 Å². The van der Waals surface area contributed by atoms with Crippen molar-refractivity contribution in [2.24, 2.45) is 0 Å². The minimum absolute atomic E-state index is 0. The molecule has 0 fully saturated rings. The Labute approximate surface area is 95.5 Å². The zero-order valence-electron chi connectivity index (χ0n) is 9.34. The largest absolute Gasteiger partial charge is 0.557 e. The highest BCUT2D eigenvalue weighted by atomic mass is 28.4. The first-order chi connectivity index (χ1) is 5.95. The van der Waals surface area contributed by atoms with Crippen molar-refractivity contribution in [2.45, 2.75) is 13.5 Å². The van der Waals surface area contributed by atoms with Crippen LogP contribution in [0.5, 0.6) is 0 Å². The van der Waals surface area contributed by atoms with E-state index in [0.29, 0.717) is 0 Å². The van der Waals surface area contributed by atoms with Crippen LogP contribution in [0.3, 0.4) is 0 Å². The summed E-state index contributed by atoms with van der Waals surface area (Å²) < 4.78 is 19.5. The first-order valence-corrected chi connectivity index (χ1v) is 6.84. The molecule has 0 unspecified atom stereocenters. The summed E-state index contributed by atoms with van der Waals surface area (Å²) in [5.41, 5.74) is 0. The Kier molecular flexibility index (Phi) is 15.6. The Morgan fingerprint density at radius 1 is 1.14 bits per heavy atom. The van der Waals surface area contributed by atoms with Crippen LogP contribution in [0.1, 0.15) is 6.92 Å². The molecule has 0 aromatic rings. The van der Waals surface area contributed by atoms with E-state index in [0.717, 1.165) is 16.2 Å². The van der Waals surface area contributed by atoms with Gasteiger partial charge in [-0.05, 0) is 17.9 Å². The molecule has 0 aliphatic carbocycles. The number of rotatable bonds is 4. The number of allylic oxidation sites excluding steroid dienone is 1. The van der Waals surface area contributed by atoms with Crippen LogP contribution in [0.4, 0.5) is 0 Å². The summed E-state index contributed by atoms with van der Waals surface area (Å²) >= 11 is 0. The second-order valence-corrected chi connectivity index (χ2v) is 5.74. The minimum atomic E-state index is -2.17. The molecule has 4 nitrogen and oxygen atoms in total. The van der Waals surface area contributed by atoms with E-state index in [1.165, 1.54) is 0 Å². The Hall–Kier alpha value is 0.0706. The topological polar surface area (TPSA) is 36.9 Å². The van der Waals surface area contributed by atoms with Gasteiger partial charge in [-0.1, -0.05) is 6.58 Å². The molecule has 0 rings (SSSR count). The van der Waals surface area contributed by atoms with Gasteiger partial charge in [-0.15, -0.1) is 0 Å². The van der Waals surface area contributed by atoms with Crippen LogP contribution in [0.15, 0.2) is 12.3 Å². The normalized spacial score (nSPS) is 9.50. The average molecular weight is 257 g/mol. The van der Waals surface area contributed by atoms with Gasteiger partial charge < -0.3 is 17.7 Å². The third-order valence-electron chi connectivity index (χ3n) is 1.46. The van der Waals surface area contributed by atoms with E-state index in [-0.39, 0.29) is 11.0 Å². The average Bonchev–Trinajstić information content (AvgIpc) is 2.17. The SMILES string of the molecule is C=C(C)O[SiH3].CO[Si](C)(OC)OC.[SiH4]. The van der Waals surface area contributed by atoms with Gasteiger partial charge in [-0.2, -0.15) is 0 Å². The van der Waals surface area contributed by atoms with Crippen LogP contribution in [0.25, 0.3) is 0 Å². The van der Waals surface area contributed by atoms with Gasteiger partial charge in [0.25, 0.3) is 0 Å². The molecular weight excluding hydrogens is 232 g/mol. The van der Waals surface area contributed by atoms with Gasteiger partial charge in [0.2, 0.25) is 10.5 Å². The maximum atomic E-state index is 4.93. The van der Waals surface area contributed by atoms with Crippen LogP contribution in [0.2, 0.25) is 6.55 Å². The Balaban J connectivity index is -0.000000177. The van der Waals surface area contributed by atoms with Crippen LogP contribution in [0, 0.1) is 0 Å². The lowest BCUT2D eigenvalue weighted by Crippen LogP contribution is -2.38. The van der Waals surface area contributed by atoms with Crippen molar-refractivity contribution in [1.29, 1.82) is 0 Å². The van der Waals surface area contributed by atoms with Crippen LogP contribution in [-0.4, -0.2) is 51.6 Å². The predicted molar refractivity (Wildman–Crippen MR) is 69.8 cm³/mol. The summed E-state index contributed by atoms with van der Waals surface area (Å²) in [6.45, 7) is 7.15. The van der Waals surface area contributed by atoms with Crippen LogP contribution < -0.4 is 0 Å². The third kappa shape index (κ3) is 12.1. The van der Waals surface area contributed by atoms with Crippen molar-refractivity contribution in [1.82, 2.24) is 0 Å². The predicted octanol–water partition coefficient (Wildman–Crippen LogP) is -1.14. The summed E-state index contributed by atoms with van der Waals surface area (Å²) in [6.07, 6.45) is 0. The highest BCUT2D eigenvalue weighted by Gasteiger charge is 2.29. The molecule has 0 spiro atoms. The summed E-state index contributed by atoms with van der Waals surface area (Å²) in [5.74, 6) is 0.816. The Bertz CT molecular complexity index is 131. The molecule has 0 amide bonds. The van der Waals surface area contributed by atoms with Crippen molar-refractivity contribution >= 4 is 30.3 Å². The van der Waals surface area contributed by atoms with E-state index in [1.54, 1.807) is 21.3 Å². The molecular formula is C7H24O4Si3. The highest BCUT2D eigenvalue weighted by molar-refractivity contribution is 6.58. The molecule has 0 aromatic heterocycles. The number of hydrogen-bond donors (Lipinski definition) is 0. The minimum Gasteiger partial charge on any atom is -0.557 e. The molecule has 0 atom stereocenters. The lowest BCUT2D eigenvalue weighted by molar-refractivity contribution is 0.132. The number of hydrogen-bond acceptors (Lipinski definition) is 4. The van der Waals surface area contributed by atoms with Gasteiger partial charge in [0.15, 0.2) is 0 Å². The quantitative estimate of drug-likeness (QED) is 0.471. The zero-order chi connectivity index (χ0) is 10.9. The maximum Gasteiger partial charge on any atom is 0.496 e. The molecule has 0 saturated heterocycles. The molecule has 0 N–H and O–H groups in total. The molecule has 88 valence electrons. The fourth-order valence-electron chi connectivity index (χ4n) is 0.250. The third-order valence-corrected chi connectivity index (χ3v) is 4.38. The highest BCUT2D eigenvalue weighted by Crippen LogP contribution is 2.02. The van der Waals surface area contributed by atoms with Gasteiger partial charge in [0.1, 0.15) is 0 Å². The van der Waals surface area contributed by atoms with Gasteiger partial charge >= 0.3 is 8.80 Å². The van der Waals surface area contributed by atoms with Gasteiger partial charge in [0, 0.05) is 27.9 Å². The summed E-state index contributed by atoms with van der Waals surface area (Å²) in [6, 6.07) is 0. The zero-order valence-corrected chi connectivity index (χ0v) is 12.3. The Morgan fingerprint density at radius 2 is 1.36 bits per heavy atom. The molecule has 0 radical (unpaired) electrons. The smallest absolute Gasteiger partial charge is 0.496 e. The summed E-state index contributed by atoms with van der Waals surface area (Å²) in [7, 11) is 3.35. The van der Waals surface area contributed by atoms with E-state index in [4.69, 9.17) is 17.7 Å². The second-order valence-electron chi connectivity index (χ2n) is 2.38. The second kappa shape index (κ2) is 11.1. The van der Waals surface area contributed by atoms with E-state index in [2.05, 4.69) is 6.58 Å². The first kappa shape index (κ1) is 19.6. The molecule has 0 bridgehead atoms. The van der Waals surface area contributed by atoms with Crippen molar-refractivity contribution in [3.63, 3.8) is 0 Å². The van der Waals surface area contributed by atoms with E-state index >= 15 is 0 Å². The standard InChI is InChI=1S/C4H12O3Si.C3H8OSi.H4Si/c1-5-8(4,6-2)7-3;1-3(2)4-5;/h1-4H3;1H2,2,5H3;1H4. The maximum absolute atomic E-state index is 4.93. The fraction of sp³-hybridized carbons (Fsp3) is 0.714. The molecule has 14 heavy (non-hydrogen) atoms. The molecule has 0 aliphatic heterocycles. The van der Waals surface area contributed by atoms with Gasteiger partial charge in [-0.25, -0.2) is 0 Å². The molecule has 0 heterocycles. The van der Waals surface area contributed by atoms with Crippen LogP contribution >= 0.6 is 0 Å². The Morgan fingerprint density at radius 3 is 1.36 bits per heavy atom. The lowest BCUT2D eigenvalue weighted by atomic mass is 10.7. The summed E-state index contributed by atoms with van der Waals surface area (Å²) in [4.78, 5) is 0. The monoisotopic (exact) mass is 256 g/mol. The van der Waals surface area contributed by atoms with Gasteiger partial charge in [0.05, 0.1) is 5.76 Å². The lowest BCUT2D eigenvalue weighted by Gasteiger charge is -2.18. The molecule has 0 saturated carbocycles.